The van der Waals surface area contributed by atoms with Gasteiger partial charge >= 0.3 is 0 Å². The topological polar surface area (TPSA) is 75.5 Å². The number of sulfonamides is 1. The van der Waals surface area contributed by atoms with Crippen LogP contribution in [-0.2, 0) is 20.4 Å². The second-order valence-corrected chi connectivity index (χ2v) is 7.80. The molecule has 1 atom stereocenters. The number of likely N-dealkylation sites (N-methyl/N-ethyl adjacent to an activating group) is 1. The highest BCUT2D eigenvalue weighted by Crippen LogP contribution is 2.32. The first-order chi connectivity index (χ1) is 9.83. The Morgan fingerprint density at radius 1 is 1.43 bits per heavy atom. The van der Waals surface area contributed by atoms with Gasteiger partial charge in [-0.1, -0.05) is 0 Å². The Kier molecular flexibility index (Phi) is 4.38. The molecule has 1 fully saturated rings. The molecule has 8 heteroatoms. The van der Waals surface area contributed by atoms with Crippen molar-refractivity contribution in [3.8, 4) is 0 Å². The van der Waals surface area contributed by atoms with Crippen LogP contribution < -0.4 is 0 Å². The summed E-state index contributed by atoms with van der Waals surface area (Å²) in [6.45, 7) is 2.25. The summed E-state index contributed by atoms with van der Waals surface area (Å²) in [6.07, 6.45) is 6.18. The van der Waals surface area contributed by atoms with Crippen molar-refractivity contribution >= 4 is 15.9 Å². The fraction of sp³-hybridized carbons (Fsp3) is 0.692. The Labute approximate surface area is 125 Å². The highest BCUT2D eigenvalue weighted by atomic mass is 32.2. The maximum Gasteiger partial charge on any atom is 0.249 e. The van der Waals surface area contributed by atoms with Crippen LogP contribution in [-0.4, -0.2) is 66.0 Å². The number of piperidine rings is 1. The lowest BCUT2D eigenvalue weighted by atomic mass is 9.88. The molecule has 118 valence electrons. The van der Waals surface area contributed by atoms with Crippen LogP contribution in [0.2, 0.25) is 0 Å². The molecule has 1 unspecified atom stereocenters. The number of carbonyl (C=O) groups is 1. The number of rotatable bonds is 4. The fourth-order valence-corrected chi connectivity index (χ4v) is 4.02. The number of carbonyl (C=O) groups excluding carboxylic acids is 1. The van der Waals surface area contributed by atoms with Crippen molar-refractivity contribution in [2.45, 2.75) is 25.3 Å². The fourth-order valence-electron chi connectivity index (χ4n) is 2.84. The summed E-state index contributed by atoms with van der Waals surface area (Å²) in [5.41, 5.74) is -0.902. The quantitative estimate of drug-likeness (QED) is 0.790. The lowest BCUT2D eigenvalue weighted by Gasteiger charge is -2.42. The minimum absolute atomic E-state index is 0.0448. The molecule has 1 aromatic heterocycles. The van der Waals surface area contributed by atoms with Gasteiger partial charge in [-0.25, -0.2) is 13.4 Å². The largest absolute Gasteiger partial charge is 0.347 e. The molecule has 1 aromatic rings. The Balaban J connectivity index is 2.44. The van der Waals surface area contributed by atoms with Gasteiger partial charge < -0.3 is 9.47 Å². The van der Waals surface area contributed by atoms with E-state index >= 15 is 0 Å². The normalized spacial score (nSPS) is 24.0. The van der Waals surface area contributed by atoms with Crippen molar-refractivity contribution in [3.63, 3.8) is 0 Å². The molecule has 0 radical (unpaired) electrons. The van der Waals surface area contributed by atoms with Gasteiger partial charge in [0.25, 0.3) is 0 Å². The summed E-state index contributed by atoms with van der Waals surface area (Å²) in [4.78, 5) is 18.3. The summed E-state index contributed by atoms with van der Waals surface area (Å²) in [5.74, 6) is -0.0557. The molecule has 2 heterocycles. The molecule has 7 nitrogen and oxygen atoms in total. The SMILES string of the molecule is CCS(=O)(=O)N1CCCC(C(=O)N(C)C)(n2ccnc2)C1. The minimum Gasteiger partial charge on any atom is -0.347 e. The van der Waals surface area contributed by atoms with Gasteiger partial charge in [-0.3, -0.25) is 4.79 Å². The molecular weight excluding hydrogens is 292 g/mol. The van der Waals surface area contributed by atoms with Crippen LogP contribution in [0.4, 0.5) is 0 Å². The van der Waals surface area contributed by atoms with Crippen LogP contribution in [0.3, 0.4) is 0 Å². The molecule has 1 saturated heterocycles. The van der Waals surface area contributed by atoms with E-state index in [9.17, 15) is 13.2 Å². The molecule has 0 bridgehead atoms. The van der Waals surface area contributed by atoms with Crippen molar-refractivity contribution in [2.24, 2.45) is 0 Å². The third kappa shape index (κ3) is 2.82. The van der Waals surface area contributed by atoms with Gasteiger partial charge in [-0.15, -0.1) is 0 Å². The second-order valence-electron chi connectivity index (χ2n) is 5.54. The van der Waals surface area contributed by atoms with E-state index < -0.39 is 15.6 Å². The first-order valence-corrected chi connectivity index (χ1v) is 8.62. The van der Waals surface area contributed by atoms with Crippen LogP contribution in [0.15, 0.2) is 18.7 Å². The molecule has 0 N–H and O–H groups in total. The van der Waals surface area contributed by atoms with Gasteiger partial charge in [0.15, 0.2) is 0 Å². The van der Waals surface area contributed by atoms with E-state index in [0.29, 0.717) is 19.4 Å². The molecule has 1 aliphatic rings. The number of imidazole rings is 1. The third-order valence-corrected chi connectivity index (χ3v) is 5.82. The first-order valence-electron chi connectivity index (χ1n) is 7.01. The Morgan fingerprint density at radius 2 is 2.14 bits per heavy atom. The number of amides is 1. The zero-order valence-electron chi connectivity index (χ0n) is 12.7. The molecule has 0 aliphatic carbocycles. The number of aromatic nitrogens is 2. The molecular formula is C13H22N4O3S. The molecule has 1 aliphatic heterocycles. The summed E-state index contributed by atoms with van der Waals surface area (Å²) < 4.78 is 27.5. The van der Waals surface area contributed by atoms with E-state index in [-0.39, 0.29) is 18.2 Å². The molecule has 21 heavy (non-hydrogen) atoms. The zero-order valence-corrected chi connectivity index (χ0v) is 13.5. The van der Waals surface area contributed by atoms with Gasteiger partial charge in [0, 0.05) is 39.6 Å². The van der Waals surface area contributed by atoms with E-state index in [0.717, 1.165) is 0 Å². The molecule has 0 spiro atoms. The van der Waals surface area contributed by atoms with E-state index in [4.69, 9.17) is 0 Å². The summed E-state index contributed by atoms with van der Waals surface area (Å²) in [7, 11) is 0.0638. The van der Waals surface area contributed by atoms with Crippen LogP contribution >= 0.6 is 0 Å². The zero-order chi connectivity index (χ0) is 15.7. The van der Waals surface area contributed by atoms with Crippen molar-refractivity contribution in [3.05, 3.63) is 18.7 Å². The maximum atomic E-state index is 12.7. The Hall–Kier alpha value is -1.41. The van der Waals surface area contributed by atoms with Gasteiger partial charge in [-0.05, 0) is 19.8 Å². The Bertz CT molecular complexity index is 597. The van der Waals surface area contributed by atoms with Crippen molar-refractivity contribution in [2.75, 3.05) is 32.9 Å². The van der Waals surface area contributed by atoms with Crippen molar-refractivity contribution in [1.29, 1.82) is 0 Å². The average molecular weight is 314 g/mol. The van der Waals surface area contributed by atoms with Gasteiger partial charge in [-0.2, -0.15) is 4.31 Å². The summed E-state index contributed by atoms with van der Waals surface area (Å²) >= 11 is 0. The standard InChI is InChI=1S/C13H22N4O3S/c1-4-21(19,20)17-8-5-6-13(10-17,12(18)15(2)3)16-9-7-14-11-16/h7,9,11H,4-6,8,10H2,1-3H3. The predicted octanol–water partition coefficient (Wildman–Crippen LogP) is 0.112. The maximum absolute atomic E-state index is 12.7. The van der Waals surface area contributed by atoms with Crippen LogP contribution in [0.25, 0.3) is 0 Å². The van der Waals surface area contributed by atoms with E-state index in [1.54, 1.807) is 44.3 Å². The minimum atomic E-state index is -3.31. The second kappa shape index (κ2) is 5.76. The number of nitrogens with zero attached hydrogens (tertiary/aromatic N) is 4. The van der Waals surface area contributed by atoms with Gasteiger partial charge in [0.1, 0.15) is 5.54 Å². The predicted molar refractivity (Wildman–Crippen MR) is 79.2 cm³/mol. The van der Waals surface area contributed by atoms with Gasteiger partial charge in [0.05, 0.1) is 12.1 Å². The van der Waals surface area contributed by atoms with Crippen LogP contribution in [0, 0.1) is 0 Å². The van der Waals surface area contributed by atoms with Crippen molar-refractivity contribution in [1.82, 2.24) is 18.8 Å². The monoisotopic (exact) mass is 314 g/mol. The number of hydrogen-bond acceptors (Lipinski definition) is 4. The van der Waals surface area contributed by atoms with Crippen LogP contribution in [0.1, 0.15) is 19.8 Å². The summed E-state index contributed by atoms with van der Waals surface area (Å²) in [5, 5.41) is 0. The summed E-state index contributed by atoms with van der Waals surface area (Å²) in [6, 6.07) is 0. The molecule has 0 aromatic carbocycles. The molecule has 1 amide bonds. The average Bonchev–Trinajstić information content (AvgIpc) is 3.01. The number of hydrogen-bond donors (Lipinski definition) is 0. The van der Waals surface area contributed by atoms with E-state index in [1.807, 2.05) is 0 Å². The van der Waals surface area contributed by atoms with E-state index in [2.05, 4.69) is 4.98 Å². The highest BCUT2D eigenvalue weighted by molar-refractivity contribution is 7.89. The van der Waals surface area contributed by atoms with Crippen molar-refractivity contribution < 1.29 is 13.2 Å². The Morgan fingerprint density at radius 3 is 2.67 bits per heavy atom. The highest BCUT2D eigenvalue weighted by Gasteiger charge is 2.46. The first kappa shape index (κ1) is 16.0. The van der Waals surface area contributed by atoms with Crippen LogP contribution in [0.5, 0.6) is 0 Å². The van der Waals surface area contributed by atoms with E-state index in [1.165, 1.54) is 9.21 Å². The molecule has 0 saturated carbocycles. The lowest BCUT2D eigenvalue weighted by molar-refractivity contribution is -0.140. The molecule has 2 rings (SSSR count). The van der Waals surface area contributed by atoms with Gasteiger partial charge in [0.2, 0.25) is 15.9 Å². The third-order valence-electron chi connectivity index (χ3n) is 4.00. The lowest BCUT2D eigenvalue weighted by Crippen LogP contribution is -2.58. The smallest absolute Gasteiger partial charge is 0.249 e.